The third-order valence-corrected chi connectivity index (χ3v) is 2.89. The van der Waals surface area contributed by atoms with Gasteiger partial charge < -0.3 is 20.5 Å². The molecule has 0 unspecified atom stereocenters. The van der Waals surface area contributed by atoms with Crippen LogP contribution in [0.25, 0.3) is 0 Å². The fourth-order valence-electron chi connectivity index (χ4n) is 1.85. The standard InChI is InChI=1S/C13H20N2O2S/c1-3-6-15(7-8-16)12-9-10(17-2)4-5-11(12)13(14)18/h4-5,9,16H,3,6-8H2,1-2H3,(H2,14,18). The number of thiocarbonyl (C=S) groups is 1. The van der Waals surface area contributed by atoms with Crippen LogP contribution in [0, 0.1) is 0 Å². The van der Waals surface area contributed by atoms with Crippen LogP contribution in [-0.2, 0) is 0 Å². The van der Waals surface area contributed by atoms with E-state index in [9.17, 15) is 0 Å². The smallest absolute Gasteiger partial charge is 0.120 e. The topological polar surface area (TPSA) is 58.7 Å². The van der Waals surface area contributed by atoms with Gasteiger partial charge in [0.15, 0.2) is 0 Å². The summed E-state index contributed by atoms with van der Waals surface area (Å²) in [5.74, 6) is 0.754. The number of methoxy groups -OCH3 is 1. The lowest BCUT2D eigenvalue weighted by molar-refractivity contribution is 0.301. The maximum Gasteiger partial charge on any atom is 0.120 e. The number of nitrogens with two attached hydrogens (primary N) is 1. The molecule has 0 bridgehead atoms. The molecule has 0 fully saturated rings. The molecule has 0 aromatic heterocycles. The summed E-state index contributed by atoms with van der Waals surface area (Å²) in [6.07, 6.45) is 0.980. The normalized spacial score (nSPS) is 10.2. The van der Waals surface area contributed by atoms with Crippen molar-refractivity contribution in [2.24, 2.45) is 5.73 Å². The summed E-state index contributed by atoms with van der Waals surface area (Å²) < 4.78 is 5.22. The molecule has 0 aliphatic carbocycles. The molecule has 0 atom stereocenters. The molecule has 0 heterocycles. The molecule has 0 saturated heterocycles. The van der Waals surface area contributed by atoms with Crippen molar-refractivity contribution >= 4 is 22.9 Å². The zero-order chi connectivity index (χ0) is 13.5. The van der Waals surface area contributed by atoms with Crippen molar-refractivity contribution in [3.05, 3.63) is 23.8 Å². The van der Waals surface area contributed by atoms with Gasteiger partial charge in [-0.3, -0.25) is 0 Å². The average molecular weight is 268 g/mol. The minimum atomic E-state index is 0.0913. The van der Waals surface area contributed by atoms with Gasteiger partial charge in [0.1, 0.15) is 10.7 Å². The third-order valence-electron chi connectivity index (χ3n) is 2.67. The number of ether oxygens (including phenoxy) is 1. The van der Waals surface area contributed by atoms with Gasteiger partial charge in [-0.15, -0.1) is 0 Å². The Labute approximate surface area is 113 Å². The van der Waals surface area contributed by atoms with Crippen LogP contribution >= 0.6 is 12.2 Å². The van der Waals surface area contributed by atoms with Crippen LogP contribution in [0.2, 0.25) is 0 Å². The fourth-order valence-corrected chi connectivity index (χ4v) is 2.02. The van der Waals surface area contributed by atoms with Gasteiger partial charge in [-0.1, -0.05) is 19.1 Å². The second kappa shape index (κ2) is 7.18. The van der Waals surface area contributed by atoms with Gasteiger partial charge in [0.25, 0.3) is 0 Å². The van der Waals surface area contributed by atoms with Crippen molar-refractivity contribution in [3.8, 4) is 5.75 Å². The van der Waals surface area contributed by atoms with Crippen LogP contribution in [0.15, 0.2) is 18.2 Å². The lowest BCUT2D eigenvalue weighted by Gasteiger charge is -2.26. The Morgan fingerprint density at radius 3 is 2.67 bits per heavy atom. The maximum atomic E-state index is 9.14. The van der Waals surface area contributed by atoms with Gasteiger partial charge in [0.05, 0.1) is 19.4 Å². The molecule has 0 radical (unpaired) electrons. The van der Waals surface area contributed by atoms with Gasteiger partial charge >= 0.3 is 0 Å². The van der Waals surface area contributed by atoms with E-state index in [1.807, 2.05) is 18.2 Å². The summed E-state index contributed by atoms with van der Waals surface area (Å²) in [6, 6.07) is 5.59. The fraction of sp³-hybridized carbons (Fsp3) is 0.462. The monoisotopic (exact) mass is 268 g/mol. The van der Waals surface area contributed by atoms with Crippen molar-refractivity contribution in [2.75, 3.05) is 31.7 Å². The van der Waals surface area contributed by atoms with Crippen LogP contribution in [0.1, 0.15) is 18.9 Å². The zero-order valence-electron chi connectivity index (χ0n) is 10.8. The number of anilines is 1. The molecule has 18 heavy (non-hydrogen) atoms. The minimum absolute atomic E-state index is 0.0913. The molecule has 5 heteroatoms. The van der Waals surface area contributed by atoms with E-state index in [0.29, 0.717) is 11.5 Å². The number of aliphatic hydroxyl groups is 1. The Kier molecular flexibility index (Phi) is 5.88. The number of benzene rings is 1. The van der Waals surface area contributed by atoms with Crippen LogP contribution in [0.3, 0.4) is 0 Å². The van der Waals surface area contributed by atoms with Crippen molar-refractivity contribution in [3.63, 3.8) is 0 Å². The summed E-state index contributed by atoms with van der Waals surface area (Å²) in [5, 5.41) is 9.14. The summed E-state index contributed by atoms with van der Waals surface area (Å²) in [6.45, 7) is 3.57. The van der Waals surface area contributed by atoms with Gasteiger partial charge in [0, 0.05) is 24.7 Å². The Bertz CT molecular complexity index is 404. The molecule has 0 aliphatic rings. The molecule has 3 N–H and O–H groups in total. The number of hydrogen-bond donors (Lipinski definition) is 2. The molecule has 0 aliphatic heterocycles. The first-order valence-corrected chi connectivity index (χ1v) is 6.38. The molecule has 1 aromatic carbocycles. The molecule has 1 rings (SSSR count). The van der Waals surface area contributed by atoms with Gasteiger partial charge in [-0.05, 0) is 18.6 Å². The van der Waals surface area contributed by atoms with E-state index in [1.165, 1.54) is 0 Å². The molecular formula is C13H20N2O2S. The van der Waals surface area contributed by atoms with E-state index in [1.54, 1.807) is 7.11 Å². The van der Waals surface area contributed by atoms with E-state index in [4.69, 9.17) is 27.8 Å². The Morgan fingerprint density at radius 2 is 2.17 bits per heavy atom. The maximum absolute atomic E-state index is 9.14. The highest BCUT2D eigenvalue weighted by Gasteiger charge is 2.13. The van der Waals surface area contributed by atoms with Crippen molar-refractivity contribution in [1.29, 1.82) is 0 Å². The molecule has 0 saturated carbocycles. The number of nitrogens with zero attached hydrogens (tertiary/aromatic N) is 1. The molecular weight excluding hydrogens is 248 g/mol. The SMILES string of the molecule is CCCN(CCO)c1cc(OC)ccc1C(N)=S. The zero-order valence-corrected chi connectivity index (χ0v) is 11.7. The first-order valence-electron chi connectivity index (χ1n) is 5.97. The minimum Gasteiger partial charge on any atom is -0.497 e. The molecule has 0 spiro atoms. The predicted molar refractivity (Wildman–Crippen MR) is 78.5 cm³/mol. The van der Waals surface area contributed by atoms with Crippen LogP contribution in [-0.4, -0.2) is 36.9 Å². The molecule has 100 valence electrons. The third kappa shape index (κ3) is 3.58. The molecule has 1 aromatic rings. The van der Waals surface area contributed by atoms with Gasteiger partial charge in [0.2, 0.25) is 0 Å². The number of aliphatic hydroxyl groups excluding tert-OH is 1. The van der Waals surface area contributed by atoms with E-state index >= 15 is 0 Å². The quantitative estimate of drug-likeness (QED) is 0.735. The average Bonchev–Trinajstić information content (AvgIpc) is 2.37. The summed E-state index contributed by atoms with van der Waals surface area (Å²) in [5.41, 5.74) is 7.46. The van der Waals surface area contributed by atoms with Crippen molar-refractivity contribution in [1.82, 2.24) is 0 Å². The van der Waals surface area contributed by atoms with Crippen LogP contribution in [0.4, 0.5) is 5.69 Å². The highest BCUT2D eigenvalue weighted by Crippen LogP contribution is 2.26. The lowest BCUT2D eigenvalue weighted by atomic mass is 10.1. The van der Waals surface area contributed by atoms with Gasteiger partial charge in [-0.2, -0.15) is 0 Å². The Balaban J connectivity index is 3.18. The van der Waals surface area contributed by atoms with Gasteiger partial charge in [-0.25, -0.2) is 0 Å². The predicted octanol–water partition coefficient (Wildman–Crippen LogP) is 1.54. The summed E-state index contributed by atoms with van der Waals surface area (Å²) >= 11 is 5.06. The Morgan fingerprint density at radius 1 is 1.44 bits per heavy atom. The summed E-state index contributed by atoms with van der Waals surface area (Å²) in [4.78, 5) is 2.42. The number of hydrogen-bond acceptors (Lipinski definition) is 4. The number of rotatable bonds is 7. The van der Waals surface area contributed by atoms with Crippen molar-refractivity contribution in [2.45, 2.75) is 13.3 Å². The van der Waals surface area contributed by atoms with E-state index in [0.717, 1.165) is 30.0 Å². The van der Waals surface area contributed by atoms with E-state index in [-0.39, 0.29) is 6.61 Å². The highest BCUT2D eigenvalue weighted by atomic mass is 32.1. The second-order valence-electron chi connectivity index (χ2n) is 3.96. The largest absolute Gasteiger partial charge is 0.497 e. The molecule has 4 nitrogen and oxygen atoms in total. The van der Waals surface area contributed by atoms with Crippen LogP contribution < -0.4 is 15.4 Å². The first kappa shape index (κ1) is 14.7. The van der Waals surface area contributed by atoms with Crippen molar-refractivity contribution < 1.29 is 9.84 Å². The van der Waals surface area contributed by atoms with Crippen LogP contribution in [0.5, 0.6) is 5.75 Å². The second-order valence-corrected chi connectivity index (χ2v) is 4.40. The highest BCUT2D eigenvalue weighted by molar-refractivity contribution is 7.80. The van der Waals surface area contributed by atoms with E-state index in [2.05, 4.69) is 11.8 Å². The molecule has 0 amide bonds. The first-order chi connectivity index (χ1) is 8.63. The summed E-state index contributed by atoms with van der Waals surface area (Å²) in [7, 11) is 1.62. The Hall–Kier alpha value is -1.33. The van der Waals surface area contributed by atoms with E-state index < -0.39 is 0 Å². The lowest BCUT2D eigenvalue weighted by Crippen LogP contribution is -2.29.